The maximum atomic E-state index is 14.2. The highest BCUT2D eigenvalue weighted by Crippen LogP contribution is 2.64. The van der Waals surface area contributed by atoms with E-state index in [2.05, 4.69) is 13.2 Å². The molecule has 1 aromatic carbocycles. The number of hydrogen-bond donors (Lipinski definition) is 1. The number of likely N-dealkylation sites (tertiary alicyclic amines) is 1. The molecule has 1 N–H and O–H groups in total. The van der Waals surface area contributed by atoms with Gasteiger partial charge in [-0.1, -0.05) is 49.4 Å². The number of aliphatic hydroxyl groups is 1. The number of aliphatic hydroxyl groups excluding tert-OH is 1. The van der Waals surface area contributed by atoms with Gasteiger partial charge in [0.25, 0.3) is 0 Å². The Kier molecular flexibility index (Phi) is 7.66. The Bertz CT molecular complexity index is 1010. The second-order valence-electron chi connectivity index (χ2n) is 9.83. The van der Waals surface area contributed by atoms with Crippen molar-refractivity contribution < 1.29 is 29.0 Å². The minimum atomic E-state index is -1.14. The SMILES string of the molecule is C=CCCOC(=O)[C@H]1[C@H]2C(=O)N(CCO)C(C(=O)N(CC=C)Cc3ccccc3)C23CC[C@]1(CC)O3. The van der Waals surface area contributed by atoms with Crippen molar-refractivity contribution in [3.8, 4) is 0 Å². The molecule has 2 amide bonds. The third kappa shape index (κ3) is 4.16. The van der Waals surface area contributed by atoms with Crippen LogP contribution in [0.3, 0.4) is 0 Å². The van der Waals surface area contributed by atoms with Gasteiger partial charge in [-0.3, -0.25) is 14.4 Å². The van der Waals surface area contributed by atoms with Crippen LogP contribution in [0.5, 0.6) is 0 Å². The molecule has 1 spiro atoms. The van der Waals surface area contributed by atoms with Crippen LogP contribution in [-0.2, 0) is 30.4 Å². The van der Waals surface area contributed by atoms with Gasteiger partial charge in [0.2, 0.25) is 11.8 Å². The fraction of sp³-hybridized carbons (Fsp3) is 0.536. The fourth-order valence-corrected chi connectivity index (χ4v) is 6.40. The highest BCUT2D eigenvalue weighted by Gasteiger charge is 2.79. The molecule has 3 aliphatic heterocycles. The molecule has 194 valence electrons. The molecular formula is C28H36N2O6. The molecule has 36 heavy (non-hydrogen) atoms. The highest BCUT2D eigenvalue weighted by atomic mass is 16.6. The fourth-order valence-electron chi connectivity index (χ4n) is 6.40. The van der Waals surface area contributed by atoms with Crippen LogP contribution < -0.4 is 0 Å². The van der Waals surface area contributed by atoms with E-state index in [-0.39, 0.29) is 38.1 Å². The third-order valence-corrected chi connectivity index (χ3v) is 7.95. The number of benzene rings is 1. The number of carbonyl (C=O) groups is 3. The summed E-state index contributed by atoms with van der Waals surface area (Å²) in [6.45, 7) is 9.92. The Morgan fingerprint density at radius 3 is 2.64 bits per heavy atom. The zero-order valence-corrected chi connectivity index (χ0v) is 20.9. The normalized spacial score (nSPS) is 30.2. The quantitative estimate of drug-likeness (QED) is 0.271. The molecule has 0 aromatic heterocycles. The number of esters is 1. The zero-order valence-electron chi connectivity index (χ0n) is 20.9. The maximum absolute atomic E-state index is 14.2. The van der Waals surface area contributed by atoms with E-state index in [1.54, 1.807) is 17.1 Å². The van der Waals surface area contributed by atoms with Crippen LogP contribution >= 0.6 is 0 Å². The first-order chi connectivity index (χ1) is 17.4. The van der Waals surface area contributed by atoms with Crippen LogP contribution in [0.25, 0.3) is 0 Å². The summed E-state index contributed by atoms with van der Waals surface area (Å²) in [5, 5.41) is 9.79. The molecule has 8 nitrogen and oxygen atoms in total. The van der Waals surface area contributed by atoms with Crippen molar-refractivity contribution in [3.05, 3.63) is 61.2 Å². The van der Waals surface area contributed by atoms with E-state index in [1.807, 2.05) is 37.3 Å². The first-order valence-electron chi connectivity index (χ1n) is 12.7. The van der Waals surface area contributed by atoms with E-state index in [0.29, 0.717) is 32.2 Å². The lowest BCUT2D eigenvalue weighted by atomic mass is 9.65. The van der Waals surface area contributed by atoms with E-state index in [9.17, 15) is 19.5 Å². The number of ether oxygens (including phenoxy) is 2. The Balaban J connectivity index is 1.72. The molecular weight excluding hydrogens is 460 g/mol. The Morgan fingerprint density at radius 1 is 1.25 bits per heavy atom. The first kappa shape index (κ1) is 26.1. The van der Waals surface area contributed by atoms with Crippen molar-refractivity contribution in [3.63, 3.8) is 0 Å². The van der Waals surface area contributed by atoms with Crippen LogP contribution in [0.2, 0.25) is 0 Å². The second kappa shape index (κ2) is 10.6. The highest BCUT2D eigenvalue weighted by molar-refractivity contribution is 5.98. The van der Waals surface area contributed by atoms with Gasteiger partial charge >= 0.3 is 5.97 Å². The summed E-state index contributed by atoms with van der Waals surface area (Å²) >= 11 is 0. The van der Waals surface area contributed by atoms with Crippen molar-refractivity contribution in [2.75, 3.05) is 26.3 Å². The van der Waals surface area contributed by atoms with Crippen molar-refractivity contribution in [2.45, 2.75) is 56.4 Å². The van der Waals surface area contributed by atoms with E-state index >= 15 is 0 Å². The predicted molar refractivity (Wildman–Crippen MR) is 133 cm³/mol. The average Bonchev–Trinajstić information content (AvgIpc) is 3.48. The van der Waals surface area contributed by atoms with E-state index < -0.39 is 35.0 Å². The van der Waals surface area contributed by atoms with Crippen LogP contribution in [0, 0.1) is 11.8 Å². The minimum Gasteiger partial charge on any atom is -0.465 e. The van der Waals surface area contributed by atoms with Gasteiger partial charge in [-0.2, -0.15) is 0 Å². The summed E-state index contributed by atoms with van der Waals surface area (Å²) in [6, 6.07) is 8.67. The van der Waals surface area contributed by atoms with Crippen LogP contribution in [0.1, 0.15) is 38.2 Å². The molecule has 3 heterocycles. The molecule has 0 radical (unpaired) electrons. The summed E-state index contributed by atoms with van der Waals surface area (Å²) in [5.74, 6) is -2.69. The van der Waals surface area contributed by atoms with Crippen molar-refractivity contribution in [1.29, 1.82) is 0 Å². The van der Waals surface area contributed by atoms with Gasteiger partial charge in [0.1, 0.15) is 17.6 Å². The summed E-state index contributed by atoms with van der Waals surface area (Å²) in [4.78, 5) is 44.4. The maximum Gasteiger partial charge on any atom is 0.312 e. The molecule has 4 rings (SSSR count). The lowest BCUT2D eigenvalue weighted by Gasteiger charge is -2.36. The molecule has 5 atom stereocenters. The van der Waals surface area contributed by atoms with E-state index in [4.69, 9.17) is 9.47 Å². The summed E-state index contributed by atoms with van der Waals surface area (Å²) in [5.41, 5.74) is -1.04. The number of amides is 2. The standard InChI is InChI=1S/C28H36N2O6/c1-4-7-18-35-26(34)22-21-24(32)30(16-17-31)23(28(21)14-13-27(22,6-3)36-28)25(33)29(15-5-2)19-20-11-9-8-10-12-20/h4-5,8-12,21-23,31H,1-2,6-7,13-19H2,3H3/t21-,22+,23?,27-,28?/m0/s1. The molecule has 0 aliphatic carbocycles. The van der Waals surface area contributed by atoms with Gasteiger partial charge in [0.05, 0.1) is 24.7 Å². The van der Waals surface area contributed by atoms with Crippen LogP contribution in [0.15, 0.2) is 55.6 Å². The van der Waals surface area contributed by atoms with Gasteiger partial charge in [0.15, 0.2) is 0 Å². The van der Waals surface area contributed by atoms with E-state index in [0.717, 1.165) is 5.56 Å². The minimum absolute atomic E-state index is 0.0124. The third-order valence-electron chi connectivity index (χ3n) is 7.95. The zero-order chi connectivity index (χ0) is 25.9. The van der Waals surface area contributed by atoms with Crippen molar-refractivity contribution in [1.82, 2.24) is 9.80 Å². The van der Waals surface area contributed by atoms with E-state index in [1.165, 1.54) is 4.90 Å². The molecule has 0 saturated carbocycles. The Hall–Kier alpha value is -2.97. The smallest absolute Gasteiger partial charge is 0.312 e. The summed E-state index contributed by atoms with van der Waals surface area (Å²) in [6.07, 6.45) is 5.41. The Labute approximate surface area is 212 Å². The Morgan fingerprint density at radius 2 is 2.00 bits per heavy atom. The topological polar surface area (TPSA) is 96.4 Å². The summed E-state index contributed by atoms with van der Waals surface area (Å²) < 4.78 is 12.2. The number of rotatable bonds is 12. The molecule has 2 bridgehead atoms. The number of β-amino-alcohol motifs (C(OH)–C–C–N with tert-alkyl or cyclic N) is 1. The van der Waals surface area contributed by atoms with Gasteiger partial charge in [-0.15, -0.1) is 13.2 Å². The van der Waals surface area contributed by atoms with Crippen LogP contribution in [-0.4, -0.2) is 76.2 Å². The number of nitrogens with zero attached hydrogens (tertiary/aromatic N) is 2. The van der Waals surface area contributed by atoms with Gasteiger partial charge < -0.3 is 24.4 Å². The average molecular weight is 497 g/mol. The number of fused-ring (bicyclic) bond motifs is 1. The monoisotopic (exact) mass is 496 g/mol. The molecule has 8 heteroatoms. The second-order valence-corrected chi connectivity index (χ2v) is 9.83. The number of hydrogen-bond acceptors (Lipinski definition) is 6. The van der Waals surface area contributed by atoms with Crippen molar-refractivity contribution in [2.24, 2.45) is 11.8 Å². The van der Waals surface area contributed by atoms with Crippen molar-refractivity contribution >= 4 is 17.8 Å². The predicted octanol–water partition coefficient (Wildman–Crippen LogP) is 2.47. The number of carbonyl (C=O) groups excluding carboxylic acids is 3. The van der Waals surface area contributed by atoms with Gasteiger partial charge in [0, 0.05) is 19.6 Å². The molecule has 3 fully saturated rings. The molecule has 3 saturated heterocycles. The largest absolute Gasteiger partial charge is 0.465 e. The van der Waals surface area contributed by atoms with Crippen LogP contribution in [0.4, 0.5) is 0 Å². The lowest BCUT2D eigenvalue weighted by Crippen LogP contribution is -2.56. The van der Waals surface area contributed by atoms with Gasteiger partial charge in [-0.25, -0.2) is 0 Å². The molecule has 1 aromatic rings. The molecule has 3 aliphatic rings. The van der Waals surface area contributed by atoms with Gasteiger partial charge in [-0.05, 0) is 31.2 Å². The lowest BCUT2D eigenvalue weighted by molar-refractivity contribution is -0.162. The molecule has 2 unspecified atom stereocenters. The first-order valence-corrected chi connectivity index (χ1v) is 12.7. The summed E-state index contributed by atoms with van der Waals surface area (Å²) in [7, 11) is 0.